The summed E-state index contributed by atoms with van der Waals surface area (Å²) in [5, 5.41) is 0. The first-order valence-corrected chi connectivity index (χ1v) is 9.46. The van der Waals surface area contributed by atoms with E-state index < -0.39 is 0 Å². The maximum Gasteiger partial charge on any atom is 0.227 e. The molecular formula is C20H26N2O2S. The number of carbonyl (C=O) groups excluding carboxylic acids is 1. The normalized spacial score (nSPS) is 13.2. The van der Waals surface area contributed by atoms with E-state index in [9.17, 15) is 4.79 Å². The zero-order valence-corrected chi connectivity index (χ0v) is 16.0. The van der Waals surface area contributed by atoms with E-state index in [4.69, 9.17) is 10.5 Å². The number of hydrogen-bond donors (Lipinski definition) is 1. The van der Waals surface area contributed by atoms with E-state index in [0.717, 1.165) is 21.8 Å². The predicted molar refractivity (Wildman–Crippen MR) is 104 cm³/mol. The Morgan fingerprint density at radius 1 is 1.24 bits per heavy atom. The van der Waals surface area contributed by atoms with Gasteiger partial charge in [0, 0.05) is 24.5 Å². The highest BCUT2D eigenvalue weighted by atomic mass is 32.2. The lowest BCUT2D eigenvalue weighted by Gasteiger charge is -2.26. The van der Waals surface area contributed by atoms with Crippen LogP contribution in [0.15, 0.2) is 53.4 Å². The molecule has 134 valence electrons. The Hall–Kier alpha value is -1.98. The third-order valence-electron chi connectivity index (χ3n) is 4.36. The van der Waals surface area contributed by atoms with Crippen molar-refractivity contribution in [3.8, 4) is 5.75 Å². The SMILES string of the molecule is COc1cc(CN(C)C(=O)C(C)C(N)c2ccccc2)ccc1SC. The average molecular weight is 359 g/mol. The first kappa shape index (κ1) is 19.3. The zero-order chi connectivity index (χ0) is 18.4. The summed E-state index contributed by atoms with van der Waals surface area (Å²) >= 11 is 1.64. The van der Waals surface area contributed by atoms with Crippen LogP contribution in [-0.4, -0.2) is 31.2 Å². The standard InChI is InChI=1S/C20H26N2O2S/c1-14(19(21)16-8-6-5-7-9-16)20(23)22(2)13-15-10-11-18(25-4)17(12-15)24-3/h5-12,14,19H,13,21H2,1-4H3. The van der Waals surface area contributed by atoms with Gasteiger partial charge >= 0.3 is 0 Å². The second kappa shape index (κ2) is 8.92. The number of hydrogen-bond acceptors (Lipinski definition) is 4. The molecule has 0 saturated carbocycles. The third kappa shape index (κ3) is 4.77. The molecule has 2 aromatic rings. The molecule has 25 heavy (non-hydrogen) atoms. The first-order valence-electron chi connectivity index (χ1n) is 8.24. The van der Waals surface area contributed by atoms with E-state index in [1.165, 1.54) is 0 Å². The number of benzene rings is 2. The third-order valence-corrected chi connectivity index (χ3v) is 5.13. The highest BCUT2D eigenvalue weighted by Crippen LogP contribution is 2.29. The Labute approximate surface area is 154 Å². The smallest absolute Gasteiger partial charge is 0.227 e. The zero-order valence-electron chi connectivity index (χ0n) is 15.2. The van der Waals surface area contributed by atoms with Crippen molar-refractivity contribution in [3.05, 3.63) is 59.7 Å². The lowest BCUT2D eigenvalue weighted by Crippen LogP contribution is -2.36. The Bertz CT molecular complexity index is 706. The molecule has 2 N–H and O–H groups in total. The van der Waals surface area contributed by atoms with Crippen LogP contribution >= 0.6 is 11.8 Å². The van der Waals surface area contributed by atoms with Crippen molar-refractivity contribution in [1.82, 2.24) is 4.90 Å². The minimum absolute atomic E-state index is 0.0317. The van der Waals surface area contributed by atoms with Crippen molar-refractivity contribution >= 4 is 17.7 Å². The van der Waals surface area contributed by atoms with E-state index in [-0.39, 0.29) is 17.9 Å². The Balaban J connectivity index is 2.07. The first-order chi connectivity index (χ1) is 12.0. The lowest BCUT2D eigenvalue weighted by atomic mass is 9.94. The number of amides is 1. The highest BCUT2D eigenvalue weighted by molar-refractivity contribution is 7.98. The molecule has 0 aromatic heterocycles. The second-order valence-corrected chi connectivity index (χ2v) is 6.96. The molecule has 0 radical (unpaired) electrons. The quantitative estimate of drug-likeness (QED) is 0.767. The number of carbonyl (C=O) groups is 1. The minimum atomic E-state index is -0.315. The van der Waals surface area contributed by atoms with Gasteiger partial charge in [-0.1, -0.05) is 43.3 Å². The summed E-state index contributed by atoms with van der Waals surface area (Å²) < 4.78 is 5.42. The van der Waals surface area contributed by atoms with Gasteiger partial charge in [-0.05, 0) is 29.5 Å². The molecule has 0 aliphatic rings. The van der Waals surface area contributed by atoms with Gasteiger partial charge in [-0.2, -0.15) is 0 Å². The van der Waals surface area contributed by atoms with Gasteiger partial charge in [-0.15, -0.1) is 11.8 Å². The summed E-state index contributed by atoms with van der Waals surface area (Å²) in [7, 11) is 3.47. The molecule has 0 spiro atoms. The van der Waals surface area contributed by atoms with Crippen LogP contribution in [0.1, 0.15) is 24.1 Å². The number of thioether (sulfide) groups is 1. The Morgan fingerprint density at radius 3 is 2.52 bits per heavy atom. The lowest BCUT2D eigenvalue weighted by molar-refractivity contribution is -0.134. The van der Waals surface area contributed by atoms with Gasteiger partial charge in [-0.25, -0.2) is 0 Å². The number of ether oxygens (including phenoxy) is 1. The van der Waals surface area contributed by atoms with E-state index in [0.29, 0.717) is 6.54 Å². The van der Waals surface area contributed by atoms with Crippen molar-refractivity contribution in [2.45, 2.75) is 24.4 Å². The fourth-order valence-corrected chi connectivity index (χ4v) is 3.34. The van der Waals surface area contributed by atoms with Crippen LogP contribution in [-0.2, 0) is 11.3 Å². The van der Waals surface area contributed by atoms with Crippen molar-refractivity contribution in [2.75, 3.05) is 20.4 Å². The van der Waals surface area contributed by atoms with Crippen LogP contribution in [0.25, 0.3) is 0 Å². The Kier molecular flexibility index (Phi) is 6.91. The molecule has 2 aromatic carbocycles. The maximum absolute atomic E-state index is 12.8. The summed E-state index contributed by atoms with van der Waals surface area (Å²) in [6, 6.07) is 15.5. The molecule has 5 heteroatoms. The summed E-state index contributed by atoms with van der Waals surface area (Å²) in [5.74, 6) is 0.573. The molecule has 0 aliphatic heterocycles. The fourth-order valence-electron chi connectivity index (χ4n) is 2.80. The van der Waals surface area contributed by atoms with Crippen molar-refractivity contribution in [1.29, 1.82) is 0 Å². The summed E-state index contributed by atoms with van der Waals surface area (Å²) in [6.45, 7) is 2.41. The van der Waals surface area contributed by atoms with E-state index in [2.05, 4.69) is 0 Å². The number of nitrogens with two attached hydrogens (primary N) is 1. The monoisotopic (exact) mass is 358 g/mol. The number of methoxy groups -OCH3 is 1. The van der Waals surface area contributed by atoms with Crippen LogP contribution in [0.4, 0.5) is 0 Å². The molecule has 2 rings (SSSR count). The number of rotatable bonds is 7. The van der Waals surface area contributed by atoms with Gasteiger partial charge < -0.3 is 15.4 Å². The van der Waals surface area contributed by atoms with Crippen LogP contribution in [0.3, 0.4) is 0 Å². The second-order valence-electron chi connectivity index (χ2n) is 6.11. The summed E-state index contributed by atoms with van der Waals surface area (Å²) in [5.41, 5.74) is 8.29. The molecule has 0 aliphatic carbocycles. The molecule has 0 fully saturated rings. The topological polar surface area (TPSA) is 55.6 Å². The summed E-state index contributed by atoms with van der Waals surface area (Å²) in [4.78, 5) is 15.6. The molecule has 2 unspecified atom stereocenters. The highest BCUT2D eigenvalue weighted by Gasteiger charge is 2.25. The molecule has 2 atom stereocenters. The van der Waals surface area contributed by atoms with Crippen LogP contribution in [0, 0.1) is 5.92 Å². The predicted octanol–water partition coefficient (Wildman–Crippen LogP) is 3.71. The van der Waals surface area contributed by atoms with Crippen LogP contribution in [0.5, 0.6) is 5.75 Å². The van der Waals surface area contributed by atoms with Crippen LogP contribution in [0.2, 0.25) is 0 Å². The van der Waals surface area contributed by atoms with Gasteiger partial charge in [0.15, 0.2) is 0 Å². The largest absolute Gasteiger partial charge is 0.496 e. The maximum atomic E-state index is 12.8. The van der Waals surface area contributed by atoms with Crippen molar-refractivity contribution in [3.63, 3.8) is 0 Å². The molecule has 1 amide bonds. The van der Waals surface area contributed by atoms with Gasteiger partial charge in [0.1, 0.15) is 5.75 Å². The van der Waals surface area contributed by atoms with E-state index in [1.807, 2.05) is 68.8 Å². The molecule has 0 saturated heterocycles. The Morgan fingerprint density at radius 2 is 1.92 bits per heavy atom. The number of nitrogens with zero attached hydrogens (tertiary/aromatic N) is 1. The van der Waals surface area contributed by atoms with Gasteiger partial charge in [0.05, 0.1) is 13.0 Å². The summed E-state index contributed by atoms with van der Waals surface area (Å²) in [6.07, 6.45) is 2.01. The molecular weight excluding hydrogens is 332 g/mol. The van der Waals surface area contributed by atoms with Gasteiger partial charge in [0.2, 0.25) is 5.91 Å². The van der Waals surface area contributed by atoms with E-state index in [1.54, 1.807) is 23.8 Å². The minimum Gasteiger partial charge on any atom is -0.496 e. The van der Waals surface area contributed by atoms with Gasteiger partial charge in [-0.3, -0.25) is 4.79 Å². The van der Waals surface area contributed by atoms with Crippen molar-refractivity contribution < 1.29 is 9.53 Å². The van der Waals surface area contributed by atoms with E-state index >= 15 is 0 Å². The fraction of sp³-hybridized carbons (Fsp3) is 0.350. The van der Waals surface area contributed by atoms with Crippen LogP contribution < -0.4 is 10.5 Å². The molecule has 0 heterocycles. The molecule has 0 bridgehead atoms. The van der Waals surface area contributed by atoms with Crippen molar-refractivity contribution in [2.24, 2.45) is 11.7 Å². The van der Waals surface area contributed by atoms with Gasteiger partial charge in [0.25, 0.3) is 0 Å². The average Bonchev–Trinajstić information content (AvgIpc) is 2.66. The molecule has 4 nitrogen and oxygen atoms in total.